The zero-order chi connectivity index (χ0) is 26.8. The summed E-state index contributed by atoms with van der Waals surface area (Å²) in [6, 6.07) is 0. The standard InChI is InChI=1S/C34H61Cl/c1-11-19-28(7)31(10)29(8)21-17-15-16-18-22-30(9)33(20-12-2)24-26(5)23-27(6)25-34(35)32(13-3)14-4/h21,26-27H,11-20,22-25H2,1-10H3. The van der Waals surface area contributed by atoms with Gasteiger partial charge in [0.2, 0.25) is 0 Å². The monoisotopic (exact) mass is 504 g/mol. The van der Waals surface area contributed by atoms with E-state index in [0.29, 0.717) is 5.92 Å². The van der Waals surface area contributed by atoms with Gasteiger partial charge < -0.3 is 0 Å². The summed E-state index contributed by atoms with van der Waals surface area (Å²) in [5, 5.41) is 1.13. The van der Waals surface area contributed by atoms with Crippen LogP contribution >= 0.6 is 11.6 Å². The van der Waals surface area contributed by atoms with Gasteiger partial charge in [0.25, 0.3) is 0 Å². The predicted molar refractivity (Wildman–Crippen MR) is 163 cm³/mol. The smallest absolute Gasteiger partial charge is 0.0175 e. The highest BCUT2D eigenvalue weighted by Crippen LogP contribution is 2.31. The minimum atomic E-state index is 0.662. The summed E-state index contributed by atoms with van der Waals surface area (Å²) >= 11 is 6.65. The summed E-state index contributed by atoms with van der Waals surface area (Å²) in [4.78, 5) is 0. The lowest BCUT2D eigenvalue weighted by Gasteiger charge is -2.21. The predicted octanol–water partition coefficient (Wildman–Crippen LogP) is 12.9. The van der Waals surface area contributed by atoms with Gasteiger partial charge in [0.1, 0.15) is 0 Å². The molecule has 0 fully saturated rings. The molecule has 0 heterocycles. The van der Waals surface area contributed by atoms with Gasteiger partial charge in [-0.05, 0) is 116 Å². The molecule has 2 unspecified atom stereocenters. The van der Waals surface area contributed by atoms with Crippen LogP contribution in [0.1, 0.15) is 159 Å². The van der Waals surface area contributed by atoms with Gasteiger partial charge in [-0.3, -0.25) is 0 Å². The Kier molecular flexibility index (Phi) is 19.9. The number of rotatable bonds is 19. The van der Waals surface area contributed by atoms with Crippen molar-refractivity contribution in [3.63, 3.8) is 0 Å². The molecular weight excluding hydrogens is 444 g/mol. The zero-order valence-corrected chi connectivity index (χ0v) is 26.3. The molecule has 0 aromatic carbocycles. The van der Waals surface area contributed by atoms with E-state index in [2.05, 4.69) is 75.3 Å². The molecule has 0 rings (SSSR count). The quantitative estimate of drug-likeness (QED) is 0.0931. The molecule has 0 aromatic heterocycles. The molecule has 0 saturated heterocycles. The van der Waals surface area contributed by atoms with Crippen LogP contribution in [0.15, 0.2) is 44.5 Å². The second-order valence-corrected chi connectivity index (χ2v) is 11.8. The molecule has 204 valence electrons. The van der Waals surface area contributed by atoms with E-state index in [-0.39, 0.29) is 0 Å². The van der Waals surface area contributed by atoms with Crippen molar-refractivity contribution in [3.8, 4) is 0 Å². The van der Waals surface area contributed by atoms with E-state index in [9.17, 15) is 0 Å². The van der Waals surface area contributed by atoms with E-state index >= 15 is 0 Å². The van der Waals surface area contributed by atoms with E-state index in [4.69, 9.17) is 11.6 Å². The fourth-order valence-electron chi connectivity index (χ4n) is 5.41. The maximum absolute atomic E-state index is 6.65. The van der Waals surface area contributed by atoms with Crippen molar-refractivity contribution in [1.29, 1.82) is 0 Å². The van der Waals surface area contributed by atoms with E-state index < -0.39 is 0 Å². The van der Waals surface area contributed by atoms with Gasteiger partial charge in [0, 0.05) is 5.03 Å². The van der Waals surface area contributed by atoms with Gasteiger partial charge in [-0.15, -0.1) is 0 Å². The first-order valence-corrected chi connectivity index (χ1v) is 15.4. The van der Waals surface area contributed by atoms with Crippen molar-refractivity contribution in [3.05, 3.63) is 44.5 Å². The number of hydrogen-bond donors (Lipinski definition) is 0. The molecular formula is C34H61Cl. The van der Waals surface area contributed by atoms with Crippen molar-refractivity contribution >= 4 is 11.6 Å². The second kappa shape index (κ2) is 20.3. The minimum Gasteiger partial charge on any atom is -0.0892 e. The molecule has 1 heteroatoms. The van der Waals surface area contributed by atoms with Gasteiger partial charge in [-0.1, -0.05) is 106 Å². The molecule has 0 bridgehead atoms. The molecule has 0 radical (unpaired) electrons. The third-order valence-electron chi connectivity index (χ3n) is 7.88. The normalized spacial score (nSPS) is 15.5. The number of unbranched alkanes of at least 4 members (excludes halogenated alkanes) is 3. The van der Waals surface area contributed by atoms with Crippen molar-refractivity contribution in [2.45, 2.75) is 159 Å². The first-order valence-electron chi connectivity index (χ1n) is 15.0. The van der Waals surface area contributed by atoms with Crippen LogP contribution < -0.4 is 0 Å². The van der Waals surface area contributed by atoms with Crippen molar-refractivity contribution < 1.29 is 0 Å². The van der Waals surface area contributed by atoms with Crippen LogP contribution in [0.5, 0.6) is 0 Å². The average Bonchev–Trinajstić information content (AvgIpc) is 2.80. The summed E-state index contributed by atoms with van der Waals surface area (Å²) in [6.07, 6.45) is 19.7. The SMILES string of the molecule is CCCC(C)=C(C)C(C)=CCCCCCC(C)=C(CCC)CC(C)CC(C)CC(Cl)=C(CC)CC. The molecule has 0 aromatic rings. The highest BCUT2D eigenvalue weighted by Gasteiger charge is 2.14. The first-order chi connectivity index (χ1) is 16.6. The summed E-state index contributed by atoms with van der Waals surface area (Å²) in [6.45, 7) is 23.2. The second-order valence-electron chi connectivity index (χ2n) is 11.3. The lowest BCUT2D eigenvalue weighted by Crippen LogP contribution is -2.06. The van der Waals surface area contributed by atoms with Gasteiger partial charge in [-0.25, -0.2) is 0 Å². The average molecular weight is 505 g/mol. The van der Waals surface area contributed by atoms with E-state index in [1.165, 1.54) is 87.3 Å². The van der Waals surface area contributed by atoms with Crippen LogP contribution in [-0.2, 0) is 0 Å². The molecule has 0 aliphatic rings. The fraction of sp³-hybridized carbons (Fsp3) is 0.765. The molecule has 0 saturated carbocycles. The van der Waals surface area contributed by atoms with Crippen LogP contribution in [-0.4, -0.2) is 0 Å². The number of allylic oxidation sites excluding steroid dienone is 8. The van der Waals surface area contributed by atoms with Gasteiger partial charge in [0.15, 0.2) is 0 Å². The van der Waals surface area contributed by atoms with E-state index in [1.54, 1.807) is 16.7 Å². The Labute approximate surface area is 226 Å². The third-order valence-corrected chi connectivity index (χ3v) is 8.30. The summed E-state index contributed by atoms with van der Waals surface area (Å²) in [5.41, 5.74) is 9.40. The Morgan fingerprint density at radius 1 is 0.686 bits per heavy atom. The topological polar surface area (TPSA) is 0 Å². The maximum atomic E-state index is 6.65. The lowest BCUT2D eigenvalue weighted by atomic mass is 9.86. The van der Waals surface area contributed by atoms with E-state index in [1.807, 2.05) is 0 Å². The fourth-order valence-corrected chi connectivity index (χ4v) is 5.94. The molecule has 0 spiro atoms. The van der Waals surface area contributed by atoms with Crippen molar-refractivity contribution in [2.75, 3.05) is 0 Å². The molecule has 0 amide bonds. The highest BCUT2D eigenvalue weighted by atomic mass is 35.5. The largest absolute Gasteiger partial charge is 0.0892 e. The molecule has 0 nitrogen and oxygen atoms in total. The summed E-state index contributed by atoms with van der Waals surface area (Å²) in [7, 11) is 0. The van der Waals surface area contributed by atoms with Gasteiger partial charge in [-0.2, -0.15) is 0 Å². The van der Waals surface area contributed by atoms with Crippen molar-refractivity contribution in [2.24, 2.45) is 11.8 Å². The Morgan fingerprint density at radius 3 is 1.86 bits per heavy atom. The Morgan fingerprint density at radius 2 is 1.29 bits per heavy atom. The molecule has 0 aliphatic carbocycles. The summed E-state index contributed by atoms with van der Waals surface area (Å²) < 4.78 is 0. The highest BCUT2D eigenvalue weighted by molar-refractivity contribution is 6.29. The van der Waals surface area contributed by atoms with Crippen molar-refractivity contribution in [1.82, 2.24) is 0 Å². The van der Waals surface area contributed by atoms with E-state index in [0.717, 1.165) is 30.2 Å². The Balaban J connectivity index is 4.69. The van der Waals surface area contributed by atoms with Crippen LogP contribution in [0.25, 0.3) is 0 Å². The molecule has 35 heavy (non-hydrogen) atoms. The number of hydrogen-bond acceptors (Lipinski definition) is 0. The lowest BCUT2D eigenvalue weighted by molar-refractivity contribution is 0.407. The van der Waals surface area contributed by atoms with Crippen LogP contribution in [0, 0.1) is 11.8 Å². The maximum Gasteiger partial charge on any atom is 0.0175 e. The summed E-state index contributed by atoms with van der Waals surface area (Å²) in [5.74, 6) is 1.40. The Bertz CT molecular complexity index is 694. The molecule has 0 N–H and O–H groups in total. The molecule has 0 aliphatic heterocycles. The van der Waals surface area contributed by atoms with Crippen LogP contribution in [0.3, 0.4) is 0 Å². The molecule has 2 atom stereocenters. The first kappa shape index (κ1) is 34.2. The zero-order valence-electron chi connectivity index (χ0n) is 25.5. The Hall–Kier alpha value is -0.750. The third kappa shape index (κ3) is 15.2. The number of halogens is 1. The minimum absolute atomic E-state index is 0.662. The van der Waals surface area contributed by atoms with Crippen LogP contribution in [0.4, 0.5) is 0 Å². The van der Waals surface area contributed by atoms with Crippen LogP contribution in [0.2, 0.25) is 0 Å². The van der Waals surface area contributed by atoms with Gasteiger partial charge >= 0.3 is 0 Å². The van der Waals surface area contributed by atoms with Gasteiger partial charge in [0.05, 0.1) is 0 Å².